The lowest BCUT2D eigenvalue weighted by Gasteiger charge is -2.15. The average molecular weight is 321 g/mol. The summed E-state index contributed by atoms with van der Waals surface area (Å²) in [5, 5.41) is 1.06. The molecule has 0 N–H and O–H groups in total. The van der Waals surface area contributed by atoms with E-state index in [0.717, 1.165) is 12.2 Å². The third-order valence-electron chi connectivity index (χ3n) is 2.26. The van der Waals surface area contributed by atoms with Gasteiger partial charge in [-0.05, 0) is 30.7 Å². The van der Waals surface area contributed by atoms with Gasteiger partial charge in [-0.25, -0.2) is 0 Å². The minimum absolute atomic E-state index is 0.0801. The number of nitrogens with zero attached hydrogens (tertiary/aromatic N) is 1. The van der Waals surface area contributed by atoms with Crippen LogP contribution in [0.5, 0.6) is 5.75 Å². The smallest absolute Gasteiger partial charge is 0.232 e. The van der Waals surface area contributed by atoms with Gasteiger partial charge < -0.3 is 9.64 Å². The Labute approximate surface area is 115 Å². The number of hydrogen-bond donors (Lipinski definition) is 0. The fourth-order valence-corrected chi connectivity index (χ4v) is 1.80. The molecule has 1 rings (SSSR count). The van der Waals surface area contributed by atoms with Crippen LogP contribution in [0.15, 0.2) is 24.3 Å². The zero-order chi connectivity index (χ0) is 12.7. The highest BCUT2D eigenvalue weighted by atomic mass is 79.9. The molecule has 17 heavy (non-hydrogen) atoms. The molecule has 0 aromatic heterocycles. The second-order valence-corrected chi connectivity index (χ2v) is 4.60. The Morgan fingerprint density at radius 1 is 1.41 bits per heavy atom. The fraction of sp³-hybridized carbons (Fsp3) is 0.417. The van der Waals surface area contributed by atoms with E-state index in [1.165, 1.54) is 0 Å². The maximum atomic E-state index is 11.2. The molecule has 1 amide bonds. The van der Waals surface area contributed by atoms with Gasteiger partial charge in [0.05, 0.1) is 11.9 Å². The van der Waals surface area contributed by atoms with Gasteiger partial charge in [-0.15, -0.1) is 0 Å². The first-order valence-corrected chi connectivity index (χ1v) is 6.81. The summed E-state index contributed by atoms with van der Waals surface area (Å²) in [6.07, 6.45) is 0.803. The molecule has 0 saturated carbocycles. The van der Waals surface area contributed by atoms with Crippen LogP contribution in [-0.4, -0.2) is 36.3 Å². The quantitative estimate of drug-likeness (QED) is 0.596. The van der Waals surface area contributed by atoms with Gasteiger partial charge in [-0.3, -0.25) is 4.79 Å². The Morgan fingerprint density at radius 2 is 2.06 bits per heavy atom. The van der Waals surface area contributed by atoms with E-state index < -0.39 is 0 Å². The summed E-state index contributed by atoms with van der Waals surface area (Å²) in [5.41, 5.74) is 0. The van der Waals surface area contributed by atoms with Crippen LogP contribution in [0.3, 0.4) is 0 Å². The average Bonchev–Trinajstić information content (AvgIpc) is 2.35. The summed E-state index contributed by atoms with van der Waals surface area (Å²) in [7, 11) is 1.78. The third-order valence-corrected chi connectivity index (χ3v) is 2.99. The SMILES string of the molecule is CN(CCCOc1ccc(Cl)cc1)C(=O)CBr. The number of carbonyl (C=O) groups is 1. The molecule has 1 aromatic rings. The summed E-state index contributed by atoms with van der Waals surface area (Å²) in [4.78, 5) is 12.9. The number of benzene rings is 1. The highest BCUT2D eigenvalue weighted by Gasteiger charge is 2.05. The minimum atomic E-state index is 0.0801. The highest BCUT2D eigenvalue weighted by Crippen LogP contribution is 2.15. The highest BCUT2D eigenvalue weighted by molar-refractivity contribution is 9.09. The lowest BCUT2D eigenvalue weighted by Crippen LogP contribution is -2.29. The van der Waals surface area contributed by atoms with Crippen LogP contribution in [-0.2, 0) is 4.79 Å². The van der Waals surface area contributed by atoms with Crippen LogP contribution in [0.2, 0.25) is 5.02 Å². The monoisotopic (exact) mass is 319 g/mol. The predicted molar refractivity (Wildman–Crippen MR) is 73.0 cm³/mol. The van der Waals surface area contributed by atoms with E-state index >= 15 is 0 Å². The number of halogens is 2. The molecule has 0 spiro atoms. The lowest BCUT2D eigenvalue weighted by molar-refractivity contribution is -0.127. The van der Waals surface area contributed by atoms with Crippen LogP contribution >= 0.6 is 27.5 Å². The molecule has 0 bridgehead atoms. The van der Waals surface area contributed by atoms with Gasteiger partial charge in [-0.1, -0.05) is 27.5 Å². The molecule has 0 aliphatic carbocycles. The first-order valence-electron chi connectivity index (χ1n) is 5.32. The first-order chi connectivity index (χ1) is 8.13. The van der Waals surface area contributed by atoms with Gasteiger partial charge in [-0.2, -0.15) is 0 Å². The van der Waals surface area contributed by atoms with Crippen molar-refractivity contribution < 1.29 is 9.53 Å². The standard InChI is InChI=1S/C12H15BrClNO2/c1-15(12(16)9-13)7-2-8-17-11-5-3-10(14)4-6-11/h3-6H,2,7-9H2,1H3. The Kier molecular flexibility index (Phi) is 6.37. The van der Waals surface area contributed by atoms with E-state index in [4.69, 9.17) is 16.3 Å². The summed E-state index contributed by atoms with van der Waals surface area (Å²) >= 11 is 8.89. The Bertz CT molecular complexity index is 356. The molecule has 1 aromatic carbocycles. The molecule has 0 unspecified atom stereocenters. The molecule has 0 aliphatic rings. The first kappa shape index (κ1) is 14.3. The zero-order valence-electron chi connectivity index (χ0n) is 9.66. The predicted octanol–water partition coefficient (Wildman–Crippen LogP) is 2.96. The van der Waals surface area contributed by atoms with E-state index in [2.05, 4.69) is 15.9 Å². The molecule has 0 radical (unpaired) electrons. The van der Waals surface area contributed by atoms with Gasteiger partial charge in [0.1, 0.15) is 5.75 Å². The van der Waals surface area contributed by atoms with E-state index in [1.54, 1.807) is 24.1 Å². The summed E-state index contributed by atoms with van der Waals surface area (Å²) in [6, 6.07) is 7.24. The topological polar surface area (TPSA) is 29.5 Å². The van der Waals surface area contributed by atoms with Crippen molar-refractivity contribution in [2.45, 2.75) is 6.42 Å². The van der Waals surface area contributed by atoms with Gasteiger partial charge in [0, 0.05) is 18.6 Å². The molecular formula is C12H15BrClNO2. The number of carbonyl (C=O) groups excluding carboxylic acids is 1. The number of ether oxygens (including phenoxy) is 1. The maximum Gasteiger partial charge on any atom is 0.232 e. The minimum Gasteiger partial charge on any atom is -0.494 e. The van der Waals surface area contributed by atoms with Gasteiger partial charge in [0.2, 0.25) is 5.91 Å². The van der Waals surface area contributed by atoms with E-state index in [0.29, 0.717) is 23.5 Å². The van der Waals surface area contributed by atoms with Crippen LogP contribution in [0, 0.1) is 0 Å². The van der Waals surface area contributed by atoms with Crippen molar-refractivity contribution in [3.63, 3.8) is 0 Å². The lowest BCUT2D eigenvalue weighted by atomic mass is 10.3. The fourth-order valence-electron chi connectivity index (χ4n) is 1.25. The summed E-state index contributed by atoms with van der Waals surface area (Å²) in [6.45, 7) is 1.28. The van der Waals surface area contributed by atoms with Crippen LogP contribution in [0.1, 0.15) is 6.42 Å². The third kappa shape index (κ3) is 5.41. The van der Waals surface area contributed by atoms with Crippen molar-refractivity contribution in [1.29, 1.82) is 0 Å². The number of alkyl halides is 1. The van der Waals surface area contributed by atoms with E-state index in [-0.39, 0.29) is 5.91 Å². The molecule has 5 heteroatoms. The van der Waals surface area contributed by atoms with Crippen molar-refractivity contribution in [2.75, 3.05) is 25.5 Å². The molecule has 3 nitrogen and oxygen atoms in total. The van der Waals surface area contributed by atoms with E-state index in [9.17, 15) is 4.79 Å². The zero-order valence-corrected chi connectivity index (χ0v) is 12.0. The Hall–Kier alpha value is -0.740. The Balaban J connectivity index is 2.20. The Morgan fingerprint density at radius 3 is 2.65 bits per heavy atom. The number of hydrogen-bond acceptors (Lipinski definition) is 2. The number of rotatable bonds is 6. The molecular weight excluding hydrogens is 305 g/mol. The molecule has 0 aliphatic heterocycles. The second-order valence-electron chi connectivity index (χ2n) is 3.60. The molecule has 0 atom stereocenters. The van der Waals surface area contributed by atoms with Gasteiger partial charge in [0.15, 0.2) is 0 Å². The van der Waals surface area contributed by atoms with Crippen LogP contribution in [0.4, 0.5) is 0 Å². The maximum absolute atomic E-state index is 11.2. The molecule has 0 heterocycles. The number of amides is 1. The van der Waals surface area contributed by atoms with Gasteiger partial charge in [0.25, 0.3) is 0 Å². The summed E-state index contributed by atoms with van der Waals surface area (Å²) < 4.78 is 5.52. The summed E-state index contributed by atoms with van der Waals surface area (Å²) in [5.74, 6) is 0.875. The van der Waals surface area contributed by atoms with Crippen molar-refractivity contribution in [2.24, 2.45) is 0 Å². The van der Waals surface area contributed by atoms with Crippen LogP contribution in [0.25, 0.3) is 0 Å². The van der Waals surface area contributed by atoms with Crippen molar-refractivity contribution in [3.8, 4) is 5.75 Å². The largest absolute Gasteiger partial charge is 0.494 e. The van der Waals surface area contributed by atoms with Crippen molar-refractivity contribution in [1.82, 2.24) is 4.90 Å². The molecule has 0 saturated heterocycles. The van der Waals surface area contributed by atoms with Crippen LogP contribution < -0.4 is 4.74 Å². The normalized spacial score (nSPS) is 10.1. The van der Waals surface area contributed by atoms with Gasteiger partial charge >= 0.3 is 0 Å². The molecule has 94 valence electrons. The van der Waals surface area contributed by atoms with E-state index in [1.807, 2.05) is 12.1 Å². The second kappa shape index (κ2) is 7.56. The van der Waals surface area contributed by atoms with Crippen molar-refractivity contribution in [3.05, 3.63) is 29.3 Å². The van der Waals surface area contributed by atoms with Crippen molar-refractivity contribution >= 4 is 33.4 Å². The molecule has 0 fully saturated rings.